The maximum Gasteiger partial charge on any atom is 0.333 e. The van der Waals surface area contributed by atoms with Crippen molar-refractivity contribution in [2.45, 2.75) is 50.0 Å². The first-order chi connectivity index (χ1) is 13.9. The lowest BCUT2D eigenvalue weighted by molar-refractivity contribution is 0.0920. The number of carbonyl (C=O) groups is 2. The van der Waals surface area contributed by atoms with Crippen LogP contribution in [0.5, 0.6) is 0 Å². The molecular weight excluding hydrogens is 394 g/mol. The number of anilines is 1. The summed E-state index contributed by atoms with van der Waals surface area (Å²) in [5, 5.41) is 9.35. The van der Waals surface area contributed by atoms with Crippen molar-refractivity contribution < 1.29 is 18.0 Å². The SMILES string of the molecule is O=C(Nc1c2c(cc3c1CCC3)CCC2)NS(=O)(=O)c1cnn2c1C(=O)NCC2. The standard InChI is InChI=1S/C19H21N5O4S/c25-18-17-15(10-21-24(17)8-7-20-18)29(27,28)23-19(26)22-16-13-5-1-3-11(13)9-12-4-2-6-14(12)16/h9-10H,1-8H2,(H,20,25)(H2,22,23,26). The Hall–Kier alpha value is -2.88. The molecule has 3 N–H and O–H groups in total. The zero-order valence-electron chi connectivity index (χ0n) is 15.7. The fourth-order valence-electron chi connectivity index (χ4n) is 4.61. The molecule has 0 saturated carbocycles. The van der Waals surface area contributed by atoms with Gasteiger partial charge in [0, 0.05) is 12.2 Å². The average Bonchev–Trinajstić information content (AvgIpc) is 3.40. The molecule has 2 heterocycles. The Morgan fingerprint density at radius 2 is 1.79 bits per heavy atom. The molecule has 0 atom stereocenters. The van der Waals surface area contributed by atoms with Gasteiger partial charge in [-0.3, -0.25) is 9.48 Å². The van der Waals surface area contributed by atoms with E-state index in [1.54, 1.807) is 0 Å². The number of carbonyl (C=O) groups excluding carboxylic acids is 2. The maximum atomic E-state index is 12.8. The summed E-state index contributed by atoms with van der Waals surface area (Å²) in [6, 6.07) is 1.41. The zero-order valence-corrected chi connectivity index (χ0v) is 16.6. The molecule has 0 saturated heterocycles. The first-order valence-corrected chi connectivity index (χ1v) is 11.3. The summed E-state index contributed by atoms with van der Waals surface area (Å²) in [5.41, 5.74) is 5.41. The predicted molar refractivity (Wildman–Crippen MR) is 104 cm³/mol. The van der Waals surface area contributed by atoms with E-state index >= 15 is 0 Å². The number of hydrogen-bond acceptors (Lipinski definition) is 5. The molecule has 1 aromatic carbocycles. The van der Waals surface area contributed by atoms with Gasteiger partial charge in [-0.15, -0.1) is 0 Å². The summed E-state index contributed by atoms with van der Waals surface area (Å²) in [7, 11) is -4.25. The molecule has 0 bridgehead atoms. The second-order valence-corrected chi connectivity index (χ2v) is 9.28. The van der Waals surface area contributed by atoms with E-state index in [1.807, 2.05) is 4.72 Å². The first kappa shape index (κ1) is 18.2. The number of aryl methyl sites for hydroxylation is 2. The molecule has 9 nitrogen and oxygen atoms in total. The van der Waals surface area contributed by atoms with Crippen LogP contribution in [0.4, 0.5) is 10.5 Å². The van der Waals surface area contributed by atoms with Crippen molar-refractivity contribution in [1.29, 1.82) is 0 Å². The molecule has 3 aliphatic rings. The second kappa shape index (κ2) is 6.58. The highest BCUT2D eigenvalue weighted by Crippen LogP contribution is 2.38. The molecule has 10 heteroatoms. The minimum Gasteiger partial charge on any atom is -0.349 e. The van der Waals surface area contributed by atoms with E-state index in [-0.39, 0.29) is 10.6 Å². The molecular formula is C19H21N5O4S. The highest BCUT2D eigenvalue weighted by atomic mass is 32.2. The zero-order chi connectivity index (χ0) is 20.2. The summed E-state index contributed by atoms with van der Waals surface area (Å²) in [6.45, 7) is 0.760. The lowest BCUT2D eigenvalue weighted by Crippen LogP contribution is -2.39. The number of aromatic nitrogens is 2. The van der Waals surface area contributed by atoms with E-state index in [2.05, 4.69) is 21.8 Å². The summed E-state index contributed by atoms with van der Waals surface area (Å²) in [6.07, 6.45) is 6.89. The van der Waals surface area contributed by atoms with E-state index in [9.17, 15) is 18.0 Å². The second-order valence-electron chi connectivity index (χ2n) is 7.63. The summed E-state index contributed by atoms with van der Waals surface area (Å²) < 4.78 is 28.9. The number of rotatable bonds is 3. The average molecular weight is 415 g/mol. The first-order valence-electron chi connectivity index (χ1n) is 9.78. The fraction of sp³-hybridized carbons (Fsp3) is 0.421. The van der Waals surface area contributed by atoms with Crippen molar-refractivity contribution in [3.8, 4) is 0 Å². The van der Waals surface area contributed by atoms with Crippen molar-refractivity contribution in [2.75, 3.05) is 11.9 Å². The van der Waals surface area contributed by atoms with Crippen LogP contribution in [0, 0.1) is 0 Å². The number of hydrogen-bond donors (Lipinski definition) is 3. The molecule has 29 heavy (non-hydrogen) atoms. The van der Waals surface area contributed by atoms with Gasteiger partial charge in [-0.2, -0.15) is 5.10 Å². The Bertz CT molecular complexity index is 1120. The van der Waals surface area contributed by atoms with Crippen LogP contribution in [0.2, 0.25) is 0 Å². The van der Waals surface area contributed by atoms with Crippen molar-refractivity contribution in [2.24, 2.45) is 0 Å². The number of amides is 3. The molecule has 0 spiro atoms. The molecule has 1 aromatic heterocycles. The third-order valence-electron chi connectivity index (χ3n) is 5.86. The van der Waals surface area contributed by atoms with E-state index < -0.39 is 22.0 Å². The van der Waals surface area contributed by atoms with Gasteiger partial charge < -0.3 is 10.6 Å². The quantitative estimate of drug-likeness (QED) is 0.693. The van der Waals surface area contributed by atoms with Gasteiger partial charge in [-0.1, -0.05) is 6.07 Å². The van der Waals surface area contributed by atoms with Gasteiger partial charge >= 0.3 is 6.03 Å². The molecule has 0 fully saturated rings. The van der Waals surface area contributed by atoms with Crippen molar-refractivity contribution in [1.82, 2.24) is 19.8 Å². The van der Waals surface area contributed by atoms with Crippen LogP contribution in [0.1, 0.15) is 45.6 Å². The highest BCUT2D eigenvalue weighted by molar-refractivity contribution is 7.90. The number of nitrogens with zero attached hydrogens (tertiary/aromatic N) is 2. The summed E-state index contributed by atoms with van der Waals surface area (Å²) in [4.78, 5) is 24.4. The Balaban J connectivity index is 1.43. The molecule has 2 aromatic rings. The lowest BCUT2D eigenvalue weighted by atomic mass is 9.99. The lowest BCUT2D eigenvalue weighted by Gasteiger charge is -2.17. The Labute approximate surface area is 167 Å². The van der Waals surface area contributed by atoms with Crippen LogP contribution in [-0.2, 0) is 42.3 Å². The fourth-order valence-corrected chi connectivity index (χ4v) is 5.65. The Morgan fingerprint density at radius 1 is 1.10 bits per heavy atom. The number of urea groups is 1. The van der Waals surface area contributed by atoms with Gasteiger partial charge in [0.05, 0.1) is 12.7 Å². The third kappa shape index (κ3) is 2.98. The van der Waals surface area contributed by atoms with E-state index in [4.69, 9.17) is 0 Å². The van der Waals surface area contributed by atoms with Crippen LogP contribution >= 0.6 is 0 Å². The van der Waals surface area contributed by atoms with Crippen LogP contribution in [0.15, 0.2) is 17.2 Å². The van der Waals surface area contributed by atoms with Crippen LogP contribution in [0.3, 0.4) is 0 Å². The molecule has 0 radical (unpaired) electrons. The molecule has 0 unspecified atom stereocenters. The van der Waals surface area contributed by atoms with Gasteiger partial charge in [0.25, 0.3) is 15.9 Å². The topological polar surface area (TPSA) is 122 Å². The highest BCUT2D eigenvalue weighted by Gasteiger charge is 2.32. The summed E-state index contributed by atoms with van der Waals surface area (Å²) >= 11 is 0. The number of benzene rings is 1. The van der Waals surface area contributed by atoms with E-state index in [0.29, 0.717) is 13.1 Å². The van der Waals surface area contributed by atoms with Crippen molar-refractivity contribution in [3.63, 3.8) is 0 Å². The maximum absolute atomic E-state index is 12.8. The normalized spacial score (nSPS) is 17.3. The predicted octanol–water partition coefficient (Wildman–Crippen LogP) is 1.11. The number of fused-ring (bicyclic) bond motifs is 3. The van der Waals surface area contributed by atoms with Gasteiger partial charge in [0.1, 0.15) is 10.6 Å². The largest absolute Gasteiger partial charge is 0.349 e. The summed E-state index contributed by atoms with van der Waals surface area (Å²) in [5.74, 6) is -0.520. The van der Waals surface area contributed by atoms with Crippen LogP contribution < -0.4 is 15.4 Å². The van der Waals surface area contributed by atoms with E-state index in [0.717, 1.165) is 61.5 Å². The van der Waals surface area contributed by atoms with Crippen LogP contribution in [-0.4, -0.2) is 36.7 Å². The minimum atomic E-state index is -4.25. The minimum absolute atomic E-state index is 0.0574. The molecule has 3 amide bonds. The molecule has 2 aliphatic carbocycles. The van der Waals surface area contributed by atoms with Gasteiger partial charge in [-0.05, 0) is 60.8 Å². The van der Waals surface area contributed by atoms with Gasteiger partial charge in [0.15, 0.2) is 0 Å². The third-order valence-corrected chi connectivity index (χ3v) is 7.19. The Morgan fingerprint density at radius 3 is 2.48 bits per heavy atom. The molecule has 152 valence electrons. The van der Waals surface area contributed by atoms with E-state index in [1.165, 1.54) is 15.8 Å². The van der Waals surface area contributed by atoms with Crippen molar-refractivity contribution in [3.05, 3.63) is 40.2 Å². The molecule has 5 rings (SSSR count). The number of sulfonamides is 1. The smallest absolute Gasteiger partial charge is 0.333 e. The van der Waals surface area contributed by atoms with Crippen LogP contribution in [0.25, 0.3) is 0 Å². The Kier molecular flexibility index (Phi) is 4.12. The monoisotopic (exact) mass is 415 g/mol. The molecule has 1 aliphatic heterocycles. The van der Waals surface area contributed by atoms with Crippen molar-refractivity contribution >= 4 is 27.6 Å². The van der Waals surface area contributed by atoms with Gasteiger partial charge in [0.2, 0.25) is 0 Å². The van der Waals surface area contributed by atoms with Gasteiger partial charge in [-0.25, -0.2) is 17.9 Å². The number of nitrogens with one attached hydrogen (secondary N) is 3.